The van der Waals surface area contributed by atoms with Crippen molar-refractivity contribution in [2.75, 3.05) is 6.54 Å². The molecule has 0 aliphatic heterocycles. The van der Waals surface area contributed by atoms with Crippen LogP contribution in [0.2, 0.25) is 0 Å². The van der Waals surface area contributed by atoms with Crippen LogP contribution in [-0.2, 0) is 4.79 Å². The normalized spacial score (nSPS) is 8.87. The molecule has 0 atom stereocenters. The predicted molar refractivity (Wildman–Crippen MR) is 57.2 cm³/mol. The number of aromatic nitrogens is 1. The van der Waals surface area contributed by atoms with Gasteiger partial charge in [0.1, 0.15) is 0 Å². The molecule has 0 unspecified atom stereocenters. The van der Waals surface area contributed by atoms with E-state index in [1.54, 1.807) is 12.3 Å². The van der Waals surface area contributed by atoms with Gasteiger partial charge in [-0.05, 0) is 6.07 Å². The summed E-state index contributed by atoms with van der Waals surface area (Å²) in [5.74, 6) is 5.71. The summed E-state index contributed by atoms with van der Waals surface area (Å²) in [4.78, 5) is 23.8. The zero-order valence-electron chi connectivity index (χ0n) is 8.46. The summed E-state index contributed by atoms with van der Waals surface area (Å²) >= 11 is 0. The van der Waals surface area contributed by atoms with Gasteiger partial charge in [0, 0.05) is 37.7 Å². The van der Waals surface area contributed by atoms with Gasteiger partial charge in [0.15, 0.2) is 0 Å². The summed E-state index contributed by atoms with van der Waals surface area (Å²) in [5, 5.41) is 2.64. The van der Waals surface area contributed by atoms with Gasteiger partial charge in [0.25, 0.3) is 0 Å². The Kier molecular flexibility index (Phi) is 4.17. The smallest absolute Gasteiger partial charge is 0.247 e. The summed E-state index contributed by atoms with van der Waals surface area (Å²) in [5.41, 5.74) is 0.622. The Bertz CT molecular complexity index is 431. The fraction of sp³-hybridized carbons (Fsp3) is 0.273. The molecule has 78 valence electrons. The molecule has 0 aliphatic carbocycles. The third kappa shape index (κ3) is 4.67. The molecule has 0 bridgehead atoms. The summed E-state index contributed by atoms with van der Waals surface area (Å²) in [6.45, 7) is 2.01. The topological polar surface area (TPSA) is 62.0 Å². The highest BCUT2D eigenvalue weighted by Crippen LogP contribution is 1.88. The van der Waals surface area contributed by atoms with Crippen molar-refractivity contribution in [2.45, 2.75) is 13.3 Å². The number of rotatable bonds is 2. The molecule has 0 saturated carbocycles. The third-order valence-electron chi connectivity index (χ3n) is 1.64. The highest BCUT2D eigenvalue weighted by Gasteiger charge is 1.87. The van der Waals surface area contributed by atoms with E-state index in [9.17, 15) is 9.59 Å². The quantitative estimate of drug-likeness (QED) is 0.536. The zero-order chi connectivity index (χ0) is 11.1. The fourth-order valence-corrected chi connectivity index (χ4v) is 0.954. The summed E-state index contributed by atoms with van der Waals surface area (Å²) < 4.78 is 0. The van der Waals surface area contributed by atoms with E-state index >= 15 is 0 Å². The first-order valence-electron chi connectivity index (χ1n) is 4.60. The van der Waals surface area contributed by atoms with Crippen molar-refractivity contribution in [3.8, 4) is 11.8 Å². The Morgan fingerprint density at radius 2 is 2.33 bits per heavy atom. The van der Waals surface area contributed by atoms with E-state index < -0.39 is 0 Å². The lowest BCUT2D eigenvalue weighted by Crippen LogP contribution is -2.20. The maximum Gasteiger partial charge on any atom is 0.247 e. The number of hydrogen-bond acceptors (Lipinski definition) is 2. The number of nitrogens with one attached hydrogen (secondary N) is 2. The van der Waals surface area contributed by atoms with Crippen LogP contribution in [0.4, 0.5) is 0 Å². The van der Waals surface area contributed by atoms with Crippen LogP contribution < -0.4 is 10.9 Å². The van der Waals surface area contributed by atoms with E-state index in [1.165, 1.54) is 13.0 Å². The van der Waals surface area contributed by atoms with E-state index in [4.69, 9.17) is 0 Å². The minimum atomic E-state index is -0.140. The lowest BCUT2D eigenvalue weighted by molar-refractivity contribution is -0.118. The van der Waals surface area contributed by atoms with Gasteiger partial charge in [-0.1, -0.05) is 11.8 Å². The number of hydrogen-bond donors (Lipinski definition) is 2. The number of H-pyrrole nitrogens is 1. The maximum absolute atomic E-state index is 10.7. The van der Waals surface area contributed by atoms with Crippen molar-refractivity contribution >= 4 is 5.91 Å². The molecule has 1 aromatic heterocycles. The number of carbonyl (C=O) groups excluding carboxylic acids is 1. The molecular formula is C11H12N2O2. The minimum Gasteiger partial charge on any atom is -0.355 e. The van der Waals surface area contributed by atoms with Crippen LogP contribution in [-0.4, -0.2) is 17.4 Å². The first-order valence-corrected chi connectivity index (χ1v) is 4.60. The van der Waals surface area contributed by atoms with Crippen LogP contribution >= 0.6 is 0 Å². The van der Waals surface area contributed by atoms with Crippen LogP contribution in [0.5, 0.6) is 0 Å². The molecule has 0 spiro atoms. The molecule has 1 rings (SSSR count). The molecule has 0 fully saturated rings. The lowest BCUT2D eigenvalue weighted by Gasteiger charge is -1.94. The van der Waals surface area contributed by atoms with Gasteiger partial charge < -0.3 is 10.3 Å². The van der Waals surface area contributed by atoms with Gasteiger partial charge in [0.05, 0.1) is 0 Å². The third-order valence-corrected chi connectivity index (χ3v) is 1.64. The molecule has 0 aromatic carbocycles. The van der Waals surface area contributed by atoms with Gasteiger partial charge >= 0.3 is 0 Å². The Labute approximate surface area is 87.7 Å². The maximum atomic E-state index is 10.7. The van der Waals surface area contributed by atoms with Crippen molar-refractivity contribution in [2.24, 2.45) is 0 Å². The average Bonchev–Trinajstić information content (AvgIpc) is 2.20. The van der Waals surface area contributed by atoms with Gasteiger partial charge in [-0.15, -0.1) is 0 Å². The molecule has 0 radical (unpaired) electrons. The molecule has 0 saturated heterocycles. The first-order chi connectivity index (χ1) is 7.18. The Balaban J connectivity index is 2.41. The van der Waals surface area contributed by atoms with Crippen molar-refractivity contribution in [1.82, 2.24) is 10.3 Å². The van der Waals surface area contributed by atoms with Crippen LogP contribution in [0, 0.1) is 11.8 Å². The highest BCUT2D eigenvalue weighted by molar-refractivity contribution is 5.72. The lowest BCUT2D eigenvalue weighted by atomic mass is 10.3. The van der Waals surface area contributed by atoms with Crippen molar-refractivity contribution < 1.29 is 4.79 Å². The second kappa shape index (κ2) is 5.66. The Hall–Kier alpha value is -2.02. The van der Waals surface area contributed by atoms with Crippen molar-refractivity contribution in [3.05, 3.63) is 34.2 Å². The molecule has 15 heavy (non-hydrogen) atoms. The highest BCUT2D eigenvalue weighted by atomic mass is 16.1. The molecular weight excluding hydrogens is 192 g/mol. The SMILES string of the molecule is CC(=O)NCCC#Cc1ccc(=O)[nH]c1. The molecule has 2 N–H and O–H groups in total. The average molecular weight is 204 g/mol. The van der Waals surface area contributed by atoms with Gasteiger partial charge in [-0.3, -0.25) is 9.59 Å². The molecule has 4 heteroatoms. The fourth-order valence-electron chi connectivity index (χ4n) is 0.954. The molecule has 1 amide bonds. The number of amides is 1. The second-order valence-electron chi connectivity index (χ2n) is 2.98. The standard InChI is InChI=1S/C11H12N2O2/c1-9(14)12-7-3-2-4-10-5-6-11(15)13-8-10/h5-6,8H,3,7H2,1H3,(H,12,14)(H,13,15). The Morgan fingerprint density at radius 3 is 2.93 bits per heavy atom. The van der Waals surface area contributed by atoms with E-state index in [0.717, 1.165) is 5.56 Å². The van der Waals surface area contributed by atoms with E-state index in [2.05, 4.69) is 22.1 Å². The molecule has 1 heterocycles. The first kappa shape index (κ1) is 11.1. The van der Waals surface area contributed by atoms with Gasteiger partial charge in [-0.2, -0.15) is 0 Å². The number of aromatic amines is 1. The molecule has 1 aromatic rings. The van der Waals surface area contributed by atoms with Crippen LogP contribution in [0.25, 0.3) is 0 Å². The number of pyridine rings is 1. The summed E-state index contributed by atoms with van der Waals surface area (Å²) in [6.07, 6.45) is 2.16. The Morgan fingerprint density at radius 1 is 1.53 bits per heavy atom. The minimum absolute atomic E-state index is 0.0548. The molecule has 4 nitrogen and oxygen atoms in total. The van der Waals surface area contributed by atoms with Gasteiger partial charge in [-0.25, -0.2) is 0 Å². The van der Waals surface area contributed by atoms with Crippen LogP contribution in [0.3, 0.4) is 0 Å². The summed E-state index contributed by atoms with van der Waals surface area (Å²) in [7, 11) is 0. The van der Waals surface area contributed by atoms with E-state index in [1.807, 2.05) is 0 Å². The van der Waals surface area contributed by atoms with E-state index in [0.29, 0.717) is 13.0 Å². The van der Waals surface area contributed by atoms with Crippen LogP contribution in [0.1, 0.15) is 18.9 Å². The molecule has 0 aliphatic rings. The van der Waals surface area contributed by atoms with Gasteiger partial charge in [0.2, 0.25) is 11.5 Å². The van der Waals surface area contributed by atoms with Crippen molar-refractivity contribution in [1.29, 1.82) is 0 Å². The summed E-state index contributed by atoms with van der Waals surface area (Å²) in [6, 6.07) is 3.09. The largest absolute Gasteiger partial charge is 0.355 e. The monoisotopic (exact) mass is 204 g/mol. The predicted octanol–water partition coefficient (Wildman–Crippen LogP) is 0.253. The van der Waals surface area contributed by atoms with E-state index in [-0.39, 0.29) is 11.5 Å². The van der Waals surface area contributed by atoms with Crippen LogP contribution in [0.15, 0.2) is 23.1 Å². The number of carbonyl (C=O) groups is 1. The second-order valence-corrected chi connectivity index (χ2v) is 2.98. The zero-order valence-corrected chi connectivity index (χ0v) is 8.46. The van der Waals surface area contributed by atoms with Crippen molar-refractivity contribution in [3.63, 3.8) is 0 Å².